The molecule has 0 fully saturated rings. The number of thioether (sulfide) groups is 1. The second-order valence-electron chi connectivity index (χ2n) is 9.13. The molecule has 1 aliphatic carbocycles. The molecule has 1 N–H and O–H groups in total. The van der Waals surface area contributed by atoms with Gasteiger partial charge >= 0.3 is 0 Å². The summed E-state index contributed by atoms with van der Waals surface area (Å²) in [5.74, 6) is 1.94. The Hall–Kier alpha value is -2.76. The number of nitrogens with zero attached hydrogens (tertiary/aromatic N) is 4. The quantitative estimate of drug-likeness (QED) is 0.308. The van der Waals surface area contributed by atoms with Crippen LogP contribution in [0.5, 0.6) is 5.75 Å². The third-order valence-corrected chi connectivity index (χ3v) is 8.43. The van der Waals surface area contributed by atoms with Gasteiger partial charge in [-0.05, 0) is 49.8 Å². The maximum Gasteiger partial charge on any atom is 0.259 e. The normalized spacial score (nSPS) is 16.3. The fourth-order valence-electron chi connectivity index (χ4n) is 4.56. The van der Waals surface area contributed by atoms with Gasteiger partial charge in [-0.25, -0.2) is 9.37 Å². The highest BCUT2D eigenvalue weighted by atomic mass is 32.2. The maximum atomic E-state index is 14.0. The summed E-state index contributed by atoms with van der Waals surface area (Å²) in [7, 11) is 1.63. The first-order chi connectivity index (χ1) is 17.4. The van der Waals surface area contributed by atoms with Crippen LogP contribution in [0.3, 0.4) is 0 Å². The van der Waals surface area contributed by atoms with E-state index in [1.807, 2.05) is 11.5 Å². The molecule has 0 radical (unpaired) electrons. The lowest BCUT2D eigenvalue weighted by Crippen LogP contribution is -2.17. The summed E-state index contributed by atoms with van der Waals surface area (Å²) in [6.45, 7) is 4.75. The lowest BCUT2D eigenvalue weighted by atomic mass is 9.89. The SMILES string of the molecule is COC[C@@H](C)n1c(COc2ccccc2F)nnc1SCc1nc2sc3c(c2c(=O)[nH]1)CC[C@@H](C)C3. The lowest BCUT2D eigenvalue weighted by Gasteiger charge is -2.17. The minimum atomic E-state index is -0.432. The highest BCUT2D eigenvalue weighted by Gasteiger charge is 2.24. The molecular weight excluding hydrogens is 501 g/mol. The van der Waals surface area contributed by atoms with Crippen molar-refractivity contribution in [3.8, 4) is 5.75 Å². The van der Waals surface area contributed by atoms with Crippen molar-refractivity contribution in [1.82, 2.24) is 24.7 Å². The number of methoxy groups -OCH3 is 1. The molecule has 190 valence electrons. The largest absolute Gasteiger partial charge is 0.483 e. The van der Waals surface area contributed by atoms with Crippen LogP contribution < -0.4 is 10.3 Å². The molecule has 3 heterocycles. The van der Waals surface area contributed by atoms with Crippen LogP contribution in [0.4, 0.5) is 4.39 Å². The number of rotatable bonds is 9. The number of nitrogens with one attached hydrogen (secondary N) is 1. The van der Waals surface area contributed by atoms with Gasteiger partial charge in [0.25, 0.3) is 5.56 Å². The average molecular weight is 530 g/mol. The first-order valence-electron chi connectivity index (χ1n) is 11.9. The summed E-state index contributed by atoms with van der Waals surface area (Å²) in [4.78, 5) is 22.8. The molecule has 36 heavy (non-hydrogen) atoms. The molecule has 0 amide bonds. The van der Waals surface area contributed by atoms with Gasteiger partial charge in [0.2, 0.25) is 0 Å². The fourth-order valence-corrected chi connectivity index (χ4v) is 6.89. The molecule has 5 rings (SSSR count). The number of H-pyrrole nitrogens is 1. The Morgan fingerprint density at radius 3 is 2.97 bits per heavy atom. The number of halogens is 1. The van der Waals surface area contributed by atoms with Gasteiger partial charge in [0.05, 0.1) is 23.8 Å². The highest BCUT2D eigenvalue weighted by molar-refractivity contribution is 7.98. The van der Waals surface area contributed by atoms with Gasteiger partial charge in [-0.15, -0.1) is 21.5 Å². The number of para-hydroxylation sites is 1. The molecular formula is C25H28FN5O3S2. The van der Waals surface area contributed by atoms with Gasteiger partial charge in [-0.3, -0.25) is 9.36 Å². The topological polar surface area (TPSA) is 94.9 Å². The van der Waals surface area contributed by atoms with E-state index in [0.717, 1.165) is 29.5 Å². The fraction of sp³-hybridized carbons (Fsp3) is 0.440. The number of hydrogen-bond acceptors (Lipinski definition) is 8. The zero-order valence-electron chi connectivity index (χ0n) is 20.4. The molecule has 1 aliphatic rings. The molecule has 4 aromatic rings. The van der Waals surface area contributed by atoms with Crippen molar-refractivity contribution >= 4 is 33.3 Å². The van der Waals surface area contributed by atoms with Gasteiger partial charge in [-0.2, -0.15) is 0 Å². The Labute approximate surface area is 216 Å². The van der Waals surface area contributed by atoms with Crippen LogP contribution in [0.1, 0.15) is 48.4 Å². The Kier molecular flexibility index (Phi) is 7.40. The van der Waals surface area contributed by atoms with E-state index in [1.54, 1.807) is 36.6 Å². The van der Waals surface area contributed by atoms with Crippen LogP contribution in [0, 0.1) is 11.7 Å². The van der Waals surface area contributed by atoms with E-state index in [9.17, 15) is 9.18 Å². The molecule has 0 spiro atoms. The van der Waals surface area contributed by atoms with Gasteiger partial charge in [0, 0.05) is 12.0 Å². The van der Waals surface area contributed by atoms with Crippen LogP contribution in [0.2, 0.25) is 0 Å². The molecule has 11 heteroatoms. The molecule has 8 nitrogen and oxygen atoms in total. The smallest absolute Gasteiger partial charge is 0.259 e. The van der Waals surface area contributed by atoms with Crippen molar-refractivity contribution in [2.24, 2.45) is 5.92 Å². The number of hydrogen-bond donors (Lipinski definition) is 1. The molecule has 0 unspecified atom stereocenters. The number of fused-ring (bicyclic) bond motifs is 3. The highest BCUT2D eigenvalue weighted by Crippen LogP contribution is 2.36. The van der Waals surface area contributed by atoms with Crippen LogP contribution in [0.15, 0.2) is 34.2 Å². The standard InChI is InChI=1S/C25H28FN5O3S2/c1-14-8-9-16-19(10-14)36-24-22(16)23(32)27-20(28-24)13-35-25-30-29-21(31(25)15(2)11-33-3)12-34-18-7-5-4-6-17(18)26/h4-7,14-15H,8-13H2,1-3H3,(H,27,28,32)/t14-,15-/m1/s1. The van der Waals surface area contributed by atoms with E-state index in [1.165, 1.54) is 28.3 Å². The van der Waals surface area contributed by atoms with Gasteiger partial charge in [0.1, 0.15) is 17.3 Å². The minimum Gasteiger partial charge on any atom is -0.483 e. The van der Waals surface area contributed by atoms with Crippen molar-refractivity contribution < 1.29 is 13.9 Å². The number of ether oxygens (including phenoxy) is 2. The van der Waals surface area contributed by atoms with Gasteiger partial charge < -0.3 is 14.5 Å². The lowest BCUT2D eigenvalue weighted by molar-refractivity contribution is 0.154. The van der Waals surface area contributed by atoms with E-state index < -0.39 is 5.82 Å². The van der Waals surface area contributed by atoms with Gasteiger partial charge in [0.15, 0.2) is 22.5 Å². The Morgan fingerprint density at radius 1 is 1.33 bits per heavy atom. The van der Waals surface area contributed by atoms with Crippen molar-refractivity contribution in [3.63, 3.8) is 0 Å². The van der Waals surface area contributed by atoms with Crippen molar-refractivity contribution in [3.05, 3.63) is 62.5 Å². The number of benzene rings is 1. The third kappa shape index (κ3) is 5.05. The number of aromatic nitrogens is 5. The number of thiophene rings is 1. The van der Waals surface area contributed by atoms with Crippen LogP contribution >= 0.6 is 23.1 Å². The summed E-state index contributed by atoms with van der Waals surface area (Å²) >= 11 is 3.07. The molecule has 1 aromatic carbocycles. The van der Waals surface area contributed by atoms with Gasteiger partial charge in [-0.1, -0.05) is 30.8 Å². The zero-order chi connectivity index (χ0) is 25.2. The molecule has 0 saturated heterocycles. The molecule has 0 bridgehead atoms. The summed E-state index contributed by atoms with van der Waals surface area (Å²) in [5, 5.41) is 10.0. The first kappa shape index (κ1) is 24.9. The van der Waals surface area contributed by atoms with E-state index >= 15 is 0 Å². The second kappa shape index (κ2) is 10.7. The monoisotopic (exact) mass is 529 g/mol. The molecule has 0 aliphatic heterocycles. The Morgan fingerprint density at radius 2 is 2.17 bits per heavy atom. The number of aryl methyl sites for hydroxylation is 1. The predicted molar refractivity (Wildman–Crippen MR) is 138 cm³/mol. The summed E-state index contributed by atoms with van der Waals surface area (Å²) in [6.07, 6.45) is 3.06. The first-order valence-corrected chi connectivity index (χ1v) is 13.7. The summed E-state index contributed by atoms with van der Waals surface area (Å²) in [5.41, 5.74) is 1.10. The second-order valence-corrected chi connectivity index (χ2v) is 11.2. The minimum absolute atomic E-state index is 0.0583. The van der Waals surface area contributed by atoms with Crippen LogP contribution in [0.25, 0.3) is 10.2 Å². The summed E-state index contributed by atoms with van der Waals surface area (Å²) in [6, 6.07) is 6.18. The third-order valence-electron chi connectivity index (χ3n) is 6.33. The van der Waals surface area contributed by atoms with Crippen molar-refractivity contribution in [2.75, 3.05) is 13.7 Å². The number of aromatic amines is 1. The van der Waals surface area contributed by atoms with Crippen molar-refractivity contribution in [2.45, 2.75) is 56.7 Å². The van der Waals surface area contributed by atoms with E-state index in [0.29, 0.717) is 35.1 Å². The Balaban J connectivity index is 1.37. The zero-order valence-corrected chi connectivity index (χ0v) is 22.0. The van der Waals surface area contributed by atoms with Crippen LogP contribution in [-0.2, 0) is 29.9 Å². The van der Waals surface area contributed by atoms with Crippen LogP contribution in [-0.4, -0.2) is 38.4 Å². The van der Waals surface area contributed by atoms with Crippen molar-refractivity contribution in [1.29, 1.82) is 0 Å². The molecule has 0 saturated carbocycles. The van der Waals surface area contributed by atoms with E-state index in [4.69, 9.17) is 14.5 Å². The maximum absolute atomic E-state index is 14.0. The molecule has 2 atom stereocenters. The average Bonchev–Trinajstić information content (AvgIpc) is 3.43. The predicted octanol–water partition coefficient (Wildman–Crippen LogP) is 4.92. The molecule has 3 aromatic heterocycles. The van der Waals surface area contributed by atoms with E-state index in [2.05, 4.69) is 22.1 Å². The summed E-state index contributed by atoms with van der Waals surface area (Å²) < 4.78 is 26.9. The Bertz CT molecular complexity index is 1430. The van der Waals surface area contributed by atoms with E-state index in [-0.39, 0.29) is 24.0 Å².